The van der Waals surface area contributed by atoms with Crippen LogP contribution in [0.3, 0.4) is 0 Å². The molecule has 1 saturated carbocycles. The van der Waals surface area contributed by atoms with Crippen molar-refractivity contribution < 1.29 is 0 Å². The van der Waals surface area contributed by atoms with Crippen LogP contribution in [0.25, 0.3) is 10.9 Å². The van der Waals surface area contributed by atoms with Crippen molar-refractivity contribution in [2.24, 2.45) is 11.7 Å². The smallest absolute Gasteiger partial charge is 0.0483 e. The standard InChI is InChI=1S/C16H22N2/c1-12(17)16-10-14-8-4-5-9-15(14)18(16)11-13-6-2-3-7-13/h4-5,8-10,12-13H,2-3,6-7,11,17H2,1H3. The number of benzene rings is 1. The van der Waals surface area contributed by atoms with Crippen molar-refractivity contribution in [2.75, 3.05) is 0 Å². The van der Waals surface area contributed by atoms with Crippen LogP contribution in [0.5, 0.6) is 0 Å². The van der Waals surface area contributed by atoms with Gasteiger partial charge in [-0.25, -0.2) is 0 Å². The first kappa shape index (κ1) is 11.8. The Kier molecular flexibility index (Phi) is 3.13. The summed E-state index contributed by atoms with van der Waals surface area (Å²) in [5, 5.41) is 1.32. The van der Waals surface area contributed by atoms with Crippen LogP contribution in [-0.2, 0) is 6.54 Å². The van der Waals surface area contributed by atoms with Gasteiger partial charge in [-0.2, -0.15) is 0 Å². The molecule has 3 rings (SSSR count). The summed E-state index contributed by atoms with van der Waals surface area (Å²) < 4.78 is 2.45. The van der Waals surface area contributed by atoms with Crippen LogP contribution < -0.4 is 5.73 Å². The highest BCUT2D eigenvalue weighted by Crippen LogP contribution is 2.30. The summed E-state index contributed by atoms with van der Waals surface area (Å²) in [4.78, 5) is 0. The molecule has 1 aromatic carbocycles. The molecule has 0 spiro atoms. The second-order valence-corrected chi connectivity index (χ2v) is 5.68. The molecule has 96 valence electrons. The van der Waals surface area contributed by atoms with Crippen molar-refractivity contribution in [1.82, 2.24) is 4.57 Å². The quantitative estimate of drug-likeness (QED) is 0.870. The first-order valence-corrected chi connectivity index (χ1v) is 7.09. The van der Waals surface area contributed by atoms with Crippen molar-refractivity contribution in [3.8, 4) is 0 Å². The van der Waals surface area contributed by atoms with E-state index < -0.39 is 0 Å². The Balaban J connectivity index is 2.03. The van der Waals surface area contributed by atoms with Gasteiger partial charge in [0.1, 0.15) is 0 Å². The molecule has 2 heteroatoms. The number of rotatable bonds is 3. The summed E-state index contributed by atoms with van der Waals surface area (Å²) in [5.41, 5.74) is 8.76. The van der Waals surface area contributed by atoms with Gasteiger partial charge in [0.2, 0.25) is 0 Å². The van der Waals surface area contributed by atoms with E-state index in [-0.39, 0.29) is 6.04 Å². The van der Waals surface area contributed by atoms with E-state index >= 15 is 0 Å². The monoisotopic (exact) mass is 242 g/mol. The molecular weight excluding hydrogens is 220 g/mol. The average Bonchev–Trinajstić information content (AvgIpc) is 2.98. The molecule has 0 aliphatic heterocycles. The number of para-hydroxylation sites is 1. The Labute approximate surface area is 109 Å². The maximum Gasteiger partial charge on any atom is 0.0483 e. The predicted octanol–water partition coefficient (Wildman–Crippen LogP) is 3.85. The van der Waals surface area contributed by atoms with Crippen molar-refractivity contribution in [2.45, 2.75) is 45.2 Å². The van der Waals surface area contributed by atoms with Crippen LogP contribution in [0.1, 0.15) is 44.3 Å². The topological polar surface area (TPSA) is 30.9 Å². The minimum absolute atomic E-state index is 0.110. The highest BCUT2D eigenvalue weighted by atomic mass is 15.0. The summed E-state index contributed by atoms with van der Waals surface area (Å²) >= 11 is 0. The van der Waals surface area contributed by atoms with Gasteiger partial charge in [0, 0.05) is 23.8 Å². The van der Waals surface area contributed by atoms with Gasteiger partial charge in [-0.05, 0) is 43.2 Å². The van der Waals surface area contributed by atoms with Crippen LogP contribution in [0.4, 0.5) is 0 Å². The third kappa shape index (κ3) is 2.05. The van der Waals surface area contributed by atoms with E-state index in [9.17, 15) is 0 Å². The molecule has 1 aliphatic carbocycles. The predicted molar refractivity (Wildman–Crippen MR) is 76.5 cm³/mol. The zero-order valence-electron chi connectivity index (χ0n) is 11.1. The Hall–Kier alpha value is -1.28. The first-order chi connectivity index (χ1) is 8.75. The fraction of sp³-hybridized carbons (Fsp3) is 0.500. The summed E-state index contributed by atoms with van der Waals surface area (Å²) in [6.07, 6.45) is 5.56. The number of hydrogen-bond donors (Lipinski definition) is 1. The minimum atomic E-state index is 0.110. The van der Waals surface area contributed by atoms with Crippen LogP contribution in [0, 0.1) is 5.92 Å². The first-order valence-electron chi connectivity index (χ1n) is 7.09. The van der Waals surface area contributed by atoms with E-state index in [4.69, 9.17) is 5.73 Å². The third-order valence-electron chi connectivity index (χ3n) is 4.22. The zero-order chi connectivity index (χ0) is 12.5. The Bertz CT molecular complexity index is 533. The van der Waals surface area contributed by atoms with E-state index in [1.54, 1.807) is 0 Å². The van der Waals surface area contributed by atoms with Crippen molar-refractivity contribution in [3.63, 3.8) is 0 Å². The molecule has 0 saturated heterocycles. The number of nitrogens with zero attached hydrogens (tertiary/aromatic N) is 1. The van der Waals surface area contributed by atoms with Gasteiger partial charge in [0.25, 0.3) is 0 Å². The normalized spacial score (nSPS) is 18.6. The van der Waals surface area contributed by atoms with Gasteiger partial charge in [0.15, 0.2) is 0 Å². The third-order valence-corrected chi connectivity index (χ3v) is 4.22. The number of nitrogens with two attached hydrogens (primary N) is 1. The molecule has 0 amide bonds. The Morgan fingerprint density at radius 2 is 2.00 bits per heavy atom. The SMILES string of the molecule is CC(N)c1cc2ccccc2n1CC1CCCC1. The molecular formula is C16H22N2. The zero-order valence-corrected chi connectivity index (χ0v) is 11.1. The summed E-state index contributed by atoms with van der Waals surface area (Å²) in [7, 11) is 0. The molecule has 2 nitrogen and oxygen atoms in total. The van der Waals surface area contributed by atoms with E-state index in [1.807, 2.05) is 0 Å². The van der Waals surface area contributed by atoms with Gasteiger partial charge in [-0.3, -0.25) is 0 Å². The summed E-state index contributed by atoms with van der Waals surface area (Å²) in [5.74, 6) is 0.846. The van der Waals surface area contributed by atoms with Crippen LogP contribution in [0.15, 0.2) is 30.3 Å². The highest BCUT2D eigenvalue weighted by molar-refractivity contribution is 5.81. The molecule has 1 unspecified atom stereocenters. The van der Waals surface area contributed by atoms with E-state index in [2.05, 4.69) is 41.8 Å². The molecule has 1 aliphatic rings. The number of aromatic nitrogens is 1. The molecule has 18 heavy (non-hydrogen) atoms. The molecule has 2 aromatic rings. The van der Waals surface area contributed by atoms with E-state index in [0.717, 1.165) is 12.5 Å². The second kappa shape index (κ2) is 4.77. The molecule has 1 atom stereocenters. The second-order valence-electron chi connectivity index (χ2n) is 5.68. The van der Waals surface area contributed by atoms with E-state index in [1.165, 1.54) is 42.3 Å². The van der Waals surface area contributed by atoms with Gasteiger partial charge in [0.05, 0.1) is 0 Å². The number of hydrogen-bond acceptors (Lipinski definition) is 1. The molecule has 0 bridgehead atoms. The van der Waals surface area contributed by atoms with Gasteiger partial charge < -0.3 is 10.3 Å². The van der Waals surface area contributed by atoms with Gasteiger partial charge in [-0.1, -0.05) is 31.0 Å². The summed E-state index contributed by atoms with van der Waals surface area (Å²) in [6, 6.07) is 11.0. The Morgan fingerprint density at radius 1 is 1.28 bits per heavy atom. The lowest BCUT2D eigenvalue weighted by Crippen LogP contribution is -2.15. The van der Waals surface area contributed by atoms with Crippen molar-refractivity contribution >= 4 is 10.9 Å². The molecule has 1 fully saturated rings. The maximum atomic E-state index is 6.13. The lowest BCUT2D eigenvalue weighted by atomic mass is 10.1. The highest BCUT2D eigenvalue weighted by Gasteiger charge is 2.19. The largest absolute Gasteiger partial charge is 0.343 e. The van der Waals surface area contributed by atoms with Crippen LogP contribution >= 0.6 is 0 Å². The fourth-order valence-corrected chi connectivity index (χ4v) is 3.26. The van der Waals surface area contributed by atoms with E-state index in [0.29, 0.717) is 0 Å². The van der Waals surface area contributed by atoms with Crippen LogP contribution in [0.2, 0.25) is 0 Å². The maximum absolute atomic E-state index is 6.13. The lowest BCUT2D eigenvalue weighted by Gasteiger charge is -2.17. The van der Waals surface area contributed by atoms with Crippen molar-refractivity contribution in [3.05, 3.63) is 36.0 Å². The number of fused-ring (bicyclic) bond motifs is 1. The minimum Gasteiger partial charge on any atom is -0.343 e. The Morgan fingerprint density at radius 3 is 2.72 bits per heavy atom. The summed E-state index contributed by atoms with van der Waals surface area (Å²) in [6.45, 7) is 3.23. The molecule has 1 aromatic heterocycles. The fourth-order valence-electron chi connectivity index (χ4n) is 3.26. The molecule has 2 N–H and O–H groups in total. The van der Waals surface area contributed by atoms with Crippen molar-refractivity contribution in [1.29, 1.82) is 0 Å². The lowest BCUT2D eigenvalue weighted by molar-refractivity contribution is 0.452. The molecule has 0 radical (unpaired) electrons. The average molecular weight is 242 g/mol. The van der Waals surface area contributed by atoms with Gasteiger partial charge >= 0.3 is 0 Å². The van der Waals surface area contributed by atoms with Gasteiger partial charge in [-0.15, -0.1) is 0 Å². The van der Waals surface area contributed by atoms with Crippen LogP contribution in [-0.4, -0.2) is 4.57 Å². The molecule has 1 heterocycles.